The molecule has 0 aromatic rings. The molecule has 0 spiro atoms. The van der Waals surface area contributed by atoms with Crippen molar-refractivity contribution in [2.75, 3.05) is 53.0 Å². The molecule has 2 unspecified atom stereocenters. The third kappa shape index (κ3) is 7.04. The molecular formula is C18H37IN4O. The number of aliphatic imine (C=N–C) groups is 1. The van der Waals surface area contributed by atoms with Gasteiger partial charge >= 0.3 is 0 Å². The number of ether oxygens (including phenoxy) is 1. The number of piperidine rings is 1. The second-order valence-electron chi connectivity index (χ2n) is 7.40. The van der Waals surface area contributed by atoms with Crippen molar-refractivity contribution in [3.05, 3.63) is 0 Å². The summed E-state index contributed by atoms with van der Waals surface area (Å²) in [7, 11) is 2.15. The molecule has 0 aliphatic carbocycles. The molecule has 24 heavy (non-hydrogen) atoms. The van der Waals surface area contributed by atoms with E-state index in [-0.39, 0.29) is 24.0 Å². The number of halogens is 1. The number of nitrogens with one attached hydrogen (secondary N) is 1. The van der Waals surface area contributed by atoms with E-state index in [9.17, 15) is 0 Å². The summed E-state index contributed by atoms with van der Waals surface area (Å²) in [5.74, 6) is 2.40. The molecule has 2 atom stereocenters. The zero-order valence-electron chi connectivity index (χ0n) is 16.0. The van der Waals surface area contributed by atoms with E-state index in [1.807, 2.05) is 0 Å². The van der Waals surface area contributed by atoms with Gasteiger partial charge in [-0.2, -0.15) is 0 Å². The van der Waals surface area contributed by atoms with Crippen molar-refractivity contribution in [3.8, 4) is 0 Å². The summed E-state index contributed by atoms with van der Waals surface area (Å²) in [6.45, 7) is 13.9. The Balaban J connectivity index is 0.00000288. The third-order valence-corrected chi connectivity index (χ3v) is 5.03. The van der Waals surface area contributed by atoms with Crippen LogP contribution in [-0.4, -0.2) is 74.8 Å². The molecule has 0 aromatic carbocycles. The molecule has 0 amide bonds. The standard InChI is InChI=1S/C18H36N4O.HI/c1-5-19-18(21(4)12-17-8-10-23-14-17)20-11-16-7-6-9-22(13-16)15(2)3;/h15-17H,5-14H2,1-4H3,(H,19,20);1H. The minimum absolute atomic E-state index is 0. The highest BCUT2D eigenvalue weighted by Gasteiger charge is 2.22. The lowest BCUT2D eigenvalue weighted by atomic mass is 9.97. The fourth-order valence-corrected chi connectivity index (χ4v) is 3.60. The second-order valence-corrected chi connectivity index (χ2v) is 7.40. The lowest BCUT2D eigenvalue weighted by Gasteiger charge is -2.35. The molecule has 2 aliphatic rings. The van der Waals surface area contributed by atoms with Crippen LogP contribution in [0.3, 0.4) is 0 Å². The quantitative estimate of drug-likeness (QED) is 0.382. The zero-order chi connectivity index (χ0) is 16.7. The Morgan fingerprint density at radius 2 is 2.12 bits per heavy atom. The van der Waals surface area contributed by atoms with Crippen LogP contribution in [0.2, 0.25) is 0 Å². The van der Waals surface area contributed by atoms with Crippen molar-refractivity contribution >= 4 is 29.9 Å². The van der Waals surface area contributed by atoms with Crippen LogP contribution in [0.1, 0.15) is 40.0 Å². The number of nitrogens with zero attached hydrogens (tertiary/aromatic N) is 3. The highest BCUT2D eigenvalue weighted by Crippen LogP contribution is 2.19. The lowest BCUT2D eigenvalue weighted by molar-refractivity contribution is 0.143. The molecule has 2 heterocycles. The summed E-state index contributed by atoms with van der Waals surface area (Å²) in [5, 5.41) is 3.45. The van der Waals surface area contributed by atoms with Crippen LogP contribution in [0, 0.1) is 11.8 Å². The van der Waals surface area contributed by atoms with Crippen molar-refractivity contribution in [1.82, 2.24) is 15.1 Å². The van der Waals surface area contributed by atoms with E-state index in [1.165, 1.54) is 32.4 Å². The first-order chi connectivity index (χ1) is 11.1. The molecule has 2 aliphatic heterocycles. The molecule has 0 aromatic heterocycles. The minimum Gasteiger partial charge on any atom is -0.381 e. The van der Waals surface area contributed by atoms with Crippen molar-refractivity contribution in [3.63, 3.8) is 0 Å². The van der Waals surface area contributed by atoms with E-state index >= 15 is 0 Å². The van der Waals surface area contributed by atoms with Crippen molar-refractivity contribution in [2.24, 2.45) is 16.8 Å². The Morgan fingerprint density at radius 3 is 2.75 bits per heavy atom. The summed E-state index contributed by atoms with van der Waals surface area (Å²) < 4.78 is 5.49. The van der Waals surface area contributed by atoms with Crippen LogP contribution in [0.5, 0.6) is 0 Å². The molecule has 2 saturated heterocycles. The van der Waals surface area contributed by atoms with Crippen molar-refractivity contribution < 1.29 is 4.74 Å². The number of likely N-dealkylation sites (tertiary alicyclic amines) is 1. The fourth-order valence-electron chi connectivity index (χ4n) is 3.60. The van der Waals surface area contributed by atoms with Gasteiger partial charge < -0.3 is 19.9 Å². The van der Waals surface area contributed by atoms with Crippen LogP contribution in [0.4, 0.5) is 0 Å². The Labute approximate surface area is 165 Å². The van der Waals surface area contributed by atoms with Gasteiger partial charge in [-0.1, -0.05) is 0 Å². The smallest absolute Gasteiger partial charge is 0.193 e. The van der Waals surface area contributed by atoms with Gasteiger partial charge in [0.25, 0.3) is 0 Å². The maximum Gasteiger partial charge on any atom is 0.193 e. The van der Waals surface area contributed by atoms with Gasteiger partial charge in [-0.3, -0.25) is 4.99 Å². The minimum atomic E-state index is 0. The van der Waals surface area contributed by atoms with Crippen LogP contribution < -0.4 is 5.32 Å². The zero-order valence-corrected chi connectivity index (χ0v) is 18.3. The SMILES string of the molecule is CCNC(=NCC1CCCN(C(C)C)C1)N(C)CC1CCOC1.I. The molecule has 2 fully saturated rings. The van der Waals surface area contributed by atoms with Gasteiger partial charge in [0, 0.05) is 51.8 Å². The highest BCUT2D eigenvalue weighted by molar-refractivity contribution is 14.0. The van der Waals surface area contributed by atoms with Crippen LogP contribution in [0.25, 0.3) is 0 Å². The van der Waals surface area contributed by atoms with Crippen molar-refractivity contribution in [1.29, 1.82) is 0 Å². The van der Waals surface area contributed by atoms with Gasteiger partial charge in [-0.05, 0) is 52.5 Å². The molecule has 6 heteroatoms. The summed E-state index contributed by atoms with van der Waals surface area (Å²) >= 11 is 0. The van der Waals surface area contributed by atoms with E-state index in [4.69, 9.17) is 9.73 Å². The number of hydrogen-bond acceptors (Lipinski definition) is 3. The predicted octanol–water partition coefficient (Wildman–Crippen LogP) is 2.66. The molecular weight excluding hydrogens is 415 g/mol. The first-order valence-corrected chi connectivity index (χ1v) is 9.41. The highest BCUT2D eigenvalue weighted by atomic mass is 127. The monoisotopic (exact) mass is 452 g/mol. The Bertz CT molecular complexity index is 372. The molecule has 1 N–H and O–H groups in total. The maximum atomic E-state index is 5.49. The fraction of sp³-hybridized carbons (Fsp3) is 0.944. The van der Waals surface area contributed by atoms with Gasteiger partial charge in [0.1, 0.15) is 0 Å². The number of guanidine groups is 1. The summed E-state index contributed by atoms with van der Waals surface area (Å²) in [6, 6.07) is 0.653. The Morgan fingerprint density at radius 1 is 1.33 bits per heavy atom. The molecule has 2 rings (SSSR count). The summed E-state index contributed by atoms with van der Waals surface area (Å²) in [6.07, 6.45) is 3.80. The van der Waals surface area contributed by atoms with E-state index in [2.05, 4.69) is 42.9 Å². The second kappa shape index (κ2) is 11.5. The van der Waals surface area contributed by atoms with Gasteiger partial charge in [0.15, 0.2) is 5.96 Å². The summed E-state index contributed by atoms with van der Waals surface area (Å²) in [5.41, 5.74) is 0. The third-order valence-electron chi connectivity index (χ3n) is 5.03. The van der Waals surface area contributed by atoms with Gasteiger partial charge in [0.2, 0.25) is 0 Å². The van der Waals surface area contributed by atoms with Gasteiger partial charge in [-0.15, -0.1) is 24.0 Å². The normalized spacial score (nSPS) is 25.6. The predicted molar refractivity (Wildman–Crippen MR) is 112 cm³/mol. The molecule has 0 radical (unpaired) electrons. The van der Waals surface area contributed by atoms with E-state index in [0.29, 0.717) is 17.9 Å². The van der Waals surface area contributed by atoms with E-state index < -0.39 is 0 Å². The first kappa shape index (κ1) is 22.0. The molecule has 5 nitrogen and oxygen atoms in total. The number of hydrogen-bond donors (Lipinski definition) is 1. The average molecular weight is 452 g/mol. The Hall–Kier alpha value is -0.0800. The largest absolute Gasteiger partial charge is 0.381 e. The van der Waals surface area contributed by atoms with E-state index in [1.54, 1.807) is 0 Å². The first-order valence-electron chi connectivity index (χ1n) is 9.41. The van der Waals surface area contributed by atoms with Crippen LogP contribution in [-0.2, 0) is 4.74 Å². The maximum absolute atomic E-state index is 5.49. The number of rotatable bonds is 6. The topological polar surface area (TPSA) is 40.1 Å². The van der Waals surface area contributed by atoms with Gasteiger partial charge in [-0.25, -0.2) is 0 Å². The van der Waals surface area contributed by atoms with E-state index in [0.717, 1.165) is 38.8 Å². The van der Waals surface area contributed by atoms with Crippen LogP contribution >= 0.6 is 24.0 Å². The molecule has 0 saturated carbocycles. The van der Waals surface area contributed by atoms with Crippen LogP contribution in [0.15, 0.2) is 4.99 Å². The summed E-state index contributed by atoms with van der Waals surface area (Å²) in [4.78, 5) is 9.81. The lowest BCUT2D eigenvalue weighted by Crippen LogP contribution is -2.43. The molecule has 142 valence electrons. The average Bonchev–Trinajstić information content (AvgIpc) is 3.04. The molecule has 0 bridgehead atoms. The van der Waals surface area contributed by atoms with Gasteiger partial charge in [0.05, 0.1) is 6.61 Å². The Kier molecular flexibility index (Phi) is 10.5. The van der Waals surface area contributed by atoms with Crippen molar-refractivity contribution in [2.45, 2.75) is 46.1 Å².